The van der Waals surface area contributed by atoms with E-state index in [9.17, 15) is 4.79 Å². The molecule has 1 amide bonds. The van der Waals surface area contributed by atoms with Crippen LogP contribution in [-0.4, -0.2) is 48.5 Å². The molecule has 0 aromatic heterocycles. The first-order valence-corrected chi connectivity index (χ1v) is 11.3. The number of hydrogen-bond acceptors (Lipinski definition) is 3. The van der Waals surface area contributed by atoms with Crippen molar-refractivity contribution >= 4 is 28.5 Å². The van der Waals surface area contributed by atoms with Crippen molar-refractivity contribution in [2.45, 2.75) is 35.3 Å². The van der Waals surface area contributed by atoms with E-state index in [1.165, 1.54) is 17.5 Å². The van der Waals surface area contributed by atoms with Crippen molar-refractivity contribution in [1.82, 2.24) is 9.80 Å². The van der Waals surface area contributed by atoms with Crippen molar-refractivity contribution in [2.75, 3.05) is 26.7 Å². The summed E-state index contributed by atoms with van der Waals surface area (Å²) in [7, 11) is 1.70. The van der Waals surface area contributed by atoms with E-state index in [-0.39, 0.29) is 10.1 Å². The number of hydrogen-bond donors (Lipinski definition) is 0. The van der Waals surface area contributed by atoms with Crippen LogP contribution >= 0.6 is 22.6 Å². The summed E-state index contributed by atoms with van der Waals surface area (Å²) >= 11 is 2.40. The Kier molecular flexibility index (Phi) is 6.21. The molecule has 3 unspecified atom stereocenters. The maximum absolute atomic E-state index is 13.2. The predicted octanol–water partition coefficient (Wildman–Crippen LogP) is 4.61. The lowest BCUT2D eigenvalue weighted by molar-refractivity contribution is -0.133. The quantitative estimate of drug-likeness (QED) is 0.349. The predicted molar refractivity (Wildman–Crippen MR) is 120 cm³/mol. The first-order chi connectivity index (χ1) is 13.7. The highest BCUT2D eigenvalue weighted by Crippen LogP contribution is 2.35. The zero-order valence-electron chi connectivity index (χ0n) is 16.3. The van der Waals surface area contributed by atoms with Crippen LogP contribution in [0.4, 0.5) is 0 Å². The summed E-state index contributed by atoms with van der Waals surface area (Å²) in [5.41, 5.74) is 2.55. The van der Waals surface area contributed by atoms with Gasteiger partial charge in [-0.05, 0) is 55.0 Å². The first kappa shape index (κ1) is 19.7. The summed E-state index contributed by atoms with van der Waals surface area (Å²) in [6, 6.07) is 18.8. The second-order valence-corrected chi connectivity index (χ2v) is 8.87. The number of piperidine rings is 1. The van der Waals surface area contributed by atoms with Crippen molar-refractivity contribution < 1.29 is 9.53 Å². The second-order valence-electron chi connectivity index (χ2n) is 7.69. The molecule has 2 aliphatic rings. The van der Waals surface area contributed by atoms with E-state index in [0.29, 0.717) is 11.8 Å². The third-order valence-corrected chi connectivity index (χ3v) is 7.43. The lowest BCUT2D eigenvalue weighted by Crippen LogP contribution is -2.46. The minimum Gasteiger partial charge on any atom is -0.497 e. The lowest BCUT2D eigenvalue weighted by Gasteiger charge is -2.36. The lowest BCUT2D eigenvalue weighted by atomic mass is 9.89. The number of carbonyl (C=O) groups excluding carboxylic acids is 1. The SMILES string of the molecule is COc1ccc(C2CCCN(C3CCN(C(I)c4ccccc4)C3=O)C2)cc1. The Bertz CT molecular complexity index is 796. The topological polar surface area (TPSA) is 32.8 Å². The molecular weight excluding hydrogens is 463 g/mol. The highest BCUT2D eigenvalue weighted by molar-refractivity contribution is 14.1. The molecule has 3 atom stereocenters. The highest BCUT2D eigenvalue weighted by Gasteiger charge is 2.40. The number of rotatable bonds is 5. The molecule has 28 heavy (non-hydrogen) atoms. The third-order valence-electron chi connectivity index (χ3n) is 6.04. The van der Waals surface area contributed by atoms with Gasteiger partial charge in [0.05, 0.1) is 13.2 Å². The summed E-state index contributed by atoms with van der Waals surface area (Å²) in [6.45, 7) is 2.83. The fourth-order valence-corrected chi connectivity index (χ4v) is 5.45. The summed E-state index contributed by atoms with van der Waals surface area (Å²) in [6.07, 6.45) is 3.26. The van der Waals surface area contributed by atoms with E-state index < -0.39 is 0 Å². The monoisotopic (exact) mass is 490 g/mol. The molecular formula is C23H27IN2O2. The normalized spacial score (nSPS) is 24.4. The van der Waals surface area contributed by atoms with Crippen LogP contribution < -0.4 is 4.74 Å². The van der Waals surface area contributed by atoms with Crippen LogP contribution in [0.15, 0.2) is 54.6 Å². The molecule has 2 aliphatic heterocycles. The van der Waals surface area contributed by atoms with Gasteiger partial charge in [-0.25, -0.2) is 0 Å². The average molecular weight is 490 g/mol. The van der Waals surface area contributed by atoms with Crippen LogP contribution in [-0.2, 0) is 4.79 Å². The number of alkyl halides is 1. The molecule has 5 heteroatoms. The maximum Gasteiger partial charge on any atom is 0.241 e. The molecule has 0 aliphatic carbocycles. The molecule has 0 bridgehead atoms. The van der Waals surface area contributed by atoms with Crippen LogP contribution in [0.25, 0.3) is 0 Å². The zero-order valence-corrected chi connectivity index (χ0v) is 18.4. The Hall–Kier alpha value is -1.60. The summed E-state index contributed by atoms with van der Waals surface area (Å²) in [5.74, 6) is 1.68. The number of amides is 1. The molecule has 0 saturated carbocycles. The maximum atomic E-state index is 13.2. The first-order valence-electron chi connectivity index (χ1n) is 10.0. The highest BCUT2D eigenvalue weighted by atomic mass is 127. The Morgan fingerprint density at radius 1 is 1.04 bits per heavy atom. The number of carbonyl (C=O) groups is 1. The molecule has 0 radical (unpaired) electrons. The number of ether oxygens (including phenoxy) is 1. The number of halogens is 1. The fraction of sp³-hybridized carbons (Fsp3) is 0.435. The molecule has 2 fully saturated rings. The standard InChI is InChI=1S/C23H27IN2O2/c1-28-20-11-9-17(10-12-20)19-8-5-14-25(16-19)21-13-15-26(23(21)27)22(24)18-6-3-2-4-7-18/h2-4,6-7,9-12,19,21-22H,5,8,13-16H2,1H3. The largest absolute Gasteiger partial charge is 0.497 e. The van der Waals surface area contributed by atoms with Crippen molar-refractivity contribution in [3.63, 3.8) is 0 Å². The van der Waals surface area contributed by atoms with Gasteiger partial charge in [-0.15, -0.1) is 0 Å². The molecule has 2 saturated heterocycles. The van der Waals surface area contributed by atoms with Gasteiger partial charge in [0.15, 0.2) is 0 Å². The number of likely N-dealkylation sites (tertiary alicyclic amines) is 2. The summed E-state index contributed by atoms with van der Waals surface area (Å²) in [5, 5.41) is 0. The van der Waals surface area contributed by atoms with Gasteiger partial charge < -0.3 is 9.64 Å². The van der Waals surface area contributed by atoms with Crippen LogP contribution in [0.1, 0.15) is 40.4 Å². The Labute approximate surface area is 181 Å². The van der Waals surface area contributed by atoms with Crippen molar-refractivity contribution in [2.24, 2.45) is 0 Å². The minimum atomic E-state index is 0.0297. The van der Waals surface area contributed by atoms with E-state index in [1.54, 1.807) is 7.11 Å². The Balaban J connectivity index is 1.43. The molecule has 2 aromatic carbocycles. The van der Waals surface area contributed by atoms with E-state index in [4.69, 9.17) is 4.74 Å². The van der Waals surface area contributed by atoms with Crippen LogP contribution in [0.5, 0.6) is 5.75 Å². The van der Waals surface area contributed by atoms with Crippen molar-refractivity contribution in [3.8, 4) is 5.75 Å². The van der Waals surface area contributed by atoms with Gasteiger partial charge in [-0.3, -0.25) is 9.69 Å². The molecule has 2 heterocycles. The molecule has 148 valence electrons. The fourth-order valence-electron chi connectivity index (χ4n) is 4.48. The van der Waals surface area contributed by atoms with Crippen molar-refractivity contribution in [3.05, 3.63) is 65.7 Å². The number of nitrogens with zero attached hydrogens (tertiary/aromatic N) is 2. The van der Waals surface area contributed by atoms with Gasteiger partial charge in [0.2, 0.25) is 5.91 Å². The van der Waals surface area contributed by atoms with E-state index >= 15 is 0 Å². The van der Waals surface area contributed by atoms with Gasteiger partial charge in [-0.2, -0.15) is 0 Å². The van der Waals surface area contributed by atoms with Gasteiger partial charge in [-0.1, -0.05) is 65.1 Å². The Morgan fingerprint density at radius 3 is 2.50 bits per heavy atom. The second kappa shape index (κ2) is 8.82. The number of benzene rings is 2. The Morgan fingerprint density at radius 2 is 1.79 bits per heavy atom. The van der Waals surface area contributed by atoms with E-state index in [2.05, 4.69) is 56.7 Å². The summed E-state index contributed by atoms with van der Waals surface area (Å²) in [4.78, 5) is 17.7. The molecule has 0 N–H and O–H groups in total. The molecule has 2 aromatic rings. The van der Waals surface area contributed by atoms with Gasteiger partial charge >= 0.3 is 0 Å². The summed E-state index contributed by atoms with van der Waals surface area (Å²) < 4.78 is 5.39. The van der Waals surface area contributed by atoms with Crippen molar-refractivity contribution in [1.29, 1.82) is 0 Å². The van der Waals surface area contributed by atoms with E-state index in [1.807, 2.05) is 30.3 Å². The zero-order chi connectivity index (χ0) is 19.5. The molecule has 4 rings (SSSR count). The average Bonchev–Trinajstić information content (AvgIpc) is 3.15. The third kappa shape index (κ3) is 4.06. The smallest absolute Gasteiger partial charge is 0.241 e. The molecule has 0 spiro atoms. The minimum absolute atomic E-state index is 0.0297. The van der Waals surface area contributed by atoms with Crippen LogP contribution in [0.3, 0.4) is 0 Å². The van der Waals surface area contributed by atoms with Crippen LogP contribution in [0.2, 0.25) is 0 Å². The molecule has 4 nitrogen and oxygen atoms in total. The van der Waals surface area contributed by atoms with Crippen LogP contribution in [0, 0.1) is 0 Å². The van der Waals surface area contributed by atoms with E-state index in [0.717, 1.165) is 38.2 Å². The number of methoxy groups -OCH3 is 1. The van der Waals surface area contributed by atoms with Gasteiger partial charge in [0.1, 0.15) is 9.80 Å². The van der Waals surface area contributed by atoms with Gasteiger partial charge in [0, 0.05) is 13.1 Å². The van der Waals surface area contributed by atoms with Gasteiger partial charge in [0.25, 0.3) is 0 Å².